The summed E-state index contributed by atoms with van der Waals surface area (Å²) in [6.45, 7) is 0. The third-order valence-corrected chi connectivity index (χ3v) is 3.04. The molecule has 2 aromatic rings. The molecule has 0 aliphatic carbocycles. The molecule has 1 aliphatic rings. The summed E-state index contributed by atoms with van der Waals surface area (Å²) in [7, 11) is 0. The Morgan fingerprint density at radius 2 is 1.62 bits per heavy atom. The number of phenolic OH excluding ortho intramolecular Hbond substituents is 1. The lowest BCUT2D eigenvalue weighted by Gasteiger charge is -1.95. The van der Waals surface area contributed by atoms with Crippen LogP contribution < -0.4 is 10.5 Å². The van der Waals surface area contributed by atoms with Gasteiger partial charge >= 0.3 is 10.7 Å². The number of esters is 1. The molecule has 3 rings (SSSR count). The van der Waals surface area contributed by atoms with Crippen molar-refractivity contribution in [1.82, 2.24) is 0 Å². The summed E-state index contributed by atoms with van der Waals surface area (Å²) in [4.78, 5) is 19.7. The molecule has 9 heteroatoms. The van der Waals surface area contributed by atoms with Gasteiger partial charge in [-0.05, 0) is 59.6 Å². The van der Waals surface area contributed by atoms with E-state index in [9.17, 15) is 4.79 Å². The highest BCUT2D eigenvalue weighted by Gasteiger charge is 2.19. The zero-order valence-corrected chi connectivity index (χ0v) is 15.0. The second-order valence-electron chi connectivity index (χ2n) is 4.33. The van der Waals surface area contributed by atoms with Gasteiger partial charge in [0, 0.05) is 15.6 Å². The second kappa shape index (κ2) is 9.59. The van der Waals surface area contributed by atoms with Crippen molar-refractivity contribution in [2.24, 2.45) is 0 Å². The fourth-order valence-electron chi connectivity index (χ4n) is 1.63. The minimum absolute atomic E-state index is 0.0689. The predicted octanol–water partition coefficient (Wildman–Crippen LogP) is 5.01. The van der Waals surface area contributed by atoms with Crippen LogP contribution >= 0.6 is 46.4 Å². The van der Waals surface area contributed by atoms with E-state index >= 15 is 0 Å². The van der Waals surface area contributed by atoms with Crippen molar-refractivity contribution in [3.63, 3.8) is 0 Å². The van der Waals surface area contributed by atoms with Gasteiger partial charge in [0.1, 0.15) is 11.5 Å². The molecule has 0 aromatic heterocycles. The number of rotatable bonds is 0. The summed E-state index contributed by atoms with van der Waals surface area (Å²) in [5.41, 5.74) is 6.47. The Morgan fingerprint density at radius 3 is 2.17 bits per heavy atom. The Morgan fingerprint density at radius 1 is 1.08 bits per heavy atom. The largest absolute Gasteiger partial charge is 0.506 e. The number of halogens is 4. The number of fused-ring (bicyclic) bond motifs is 1. The molecule has 3 N–H and O–H groups in total. The maximum absolute atomic E-state index is 10.7. The van der Waals surface area contributed by atoms with Crippen molar-refractivity contribution in [2.45, 2.75) is 6.42 Å². The predicted molar refractivity (Wildman–Crippen MR) is 95.4 cm³/mol. The highest BCUT2D eigenvalue weighted by atomic mass is 35.5. The number of hydrogen-bond donors (Lipinski definition) is 2. The number of anilines is 1. The Bertz CT molecular complexity index is 748. The van der Waals surface area contributed by atoms with Crippen LogP contribution in [0.15, 0.2) is 36.4 Å². The van der Waals surface area contributed by atoms with E-state index in [0.717, 1.165) is 5.56 Å². The first kappa shape index (κ1) is 20.4. The summed E-state index contributed by atoms with van der Waals surface area (Å²) in [5.74, 6) is 0.501. The molecule has 1 aliphatic heterocycles. The van der Waals surface area contributed by atoms with Crippen molar-refractivity contribution in [2.75, 3.05) is 5.73 Å². The summed E-state index contributed by atoms with van der Waals surface area (Å²) < 4.78 is 3.98. The van der Waals surface area contributed by atoms with Crippen LogP contribution in [0, 0.1) is 0 Å². The van der Waals surface area contributed by atoms with Crippen molar-refractivity contribution in [1.29, 1.82) is 0 Å². The van der Waals surface area contributed by atoms with Gasteiger partial charge in [0.05, 0.1) is 12.1 Å². The maximum atomic E-state index is 10.7. The lowest BCUT2D eigenvalue weighted by Crippen LogP contribution is -1.99. The fourth-order valence-corrected chi connectivity index (χ4v) is 2.00. The SMILES string of the molecule is Nc1cc(Cl)ccc1O.O=C(Cl)Cl.O=C1Cc2cc(Cl)ccc2O1. The van der Waals surface area contributed by atoms with Gasteiger partial charge < -0.3 is 15.6 Å². The average molecular weight is 411 g/mol. The maximum Gasteiger partial charge on any atom is 0.315 e. The molecule has 0 atom stereocenters. The number of benzene rings is 2. The molecule has 0 unspecified atom stereocenters. The fraction of sp³-hybridized carbons (Fsp3) is 0.0667. The van der Waals surface area contributed by atoms with Gasteiger partial charge in [-0.2, -0.15) is 0 Å². The quantitative estimate of drug-likeness (QED) is 0.209. The Labute approximate surface area is 157 Å². The first-order valence-electron chi connectivity index (χ1n) is 6.27. The molecule has 128 valence electrons. The standard InChI is InChI=1S/C8H5ClO2.C6H6ClNO.CCl2O/c9-6-1-2-7-5(3-6)4-8(10)11-7;7-4-1-2-6(9)5(8)3-4;2-1(3)4/h1-3H,4H2;1-3,9H,8H2;. The molecule has 0 saturated heterocycles. The monoisotopic (exact) mass is 409 g/mol. The topological polar surface area (TPSA) is 89.6 Å². The van der Waals surface area contributed by atoms with Gasteiger partial charge in [-0.25, -0.2) is 0 Å². The number of hydrogen-bond acceptors (Lipinski definition) is 5. The van der Waals surface area contributed by atoms with E-state index in [4.69, 9.17) is 43.6 Å². The van der Waals surface area contributed by atoms with E-state index in [1.807, 2.05) is 0 Å². The van der Waals surface area contributed by atoms with Crippen LogP contribution in [0.4, 0.5) is 10.5 Å². The summed E-state index contributed by atoms with van der Waals surface area (Å²) in [6.07, 6.45) is 0.343. The number of aromatic hydroxyl groups is 1. The van der Waals surface area contributed by atoms with E-state index in [-0.39, 0.29) is 11.7 Å². The first-order valence-corrected chi connectivity index (χ1v) is 7.78. The van der Waals surface area contributed by atoms with Crippen LogP contribution in [0.1, 0.15) is 5.56 Å². The average Bonchev–Trinajstić information content (AvgIpc) is 2.82. The van der Waals surface area contributed by atoms with Crippen LogP contribution in [0.25, 0.3) is 0 Å². The molecular formula is C15H11Cl4NO4. The molecule has 2 aromatic carbocycles. The van der Waals surface area contributed by atoms with Crippen molar-refractivity contribution >= 4 is 62.8 Å². The van der Waals surface area contributed by atoms with Gasteiger partial charge in [0.25, 0.3) is 0 Å². The van der Waals surface area contributed by atoms with E-state index in [1.54, 1.807) is 24.3 Å². The van der Waals surface area contributed by atoms with E-state index in [0.29, 0.717) is 27.9 Å². The number of carbonyl (C=O) groups excluding carboxylic acids is 2. The van der Waals surface area contributed by atoms with Gasteiger partial charge in [-0.1, -0.05) is 23.2 Å². The Kier molecular flexibility index (Phi) is 8.15. The van der Waals surface area contributed by atoms with Crippen molar-refractivity contribution < 1.29 is 19.4 Å². The molecule has 0 amide bonds. The molecular weight excluding hydrogens is 400 g/mol. The number of ether oxygens (including phenoxy) is 1. The van der Waals surface area contributed by atoms with E-state index in [1.165, 1.54) is 12.1 Å². The van der Waals surface area contributed by atoms with Gasteiger partial charge in [0.2, 0.25) is 0 Å². The van der Waals surface area contributed by atoms with Crippen LogP contribution in [-0.2, 0) is 11.2 Å². The Balaban J connectivity index is 0.000000201. The van der Waals surface area contributed by atoms with Crippen molar-refractivity contribution in [3.8, 4) is 11.5 Å². The third-order valence-electron chi connectivity index (χ3n) is 2.57. The van der Waals surface area contributed by atoms with E-state index in [2.05, 4.69) is 23.2 Å². The minimum atomic E-state index is -0.889. The van der Waals surface area contributed by atoms with E-state index < -0.39 is 4.70 Å². The number of carbonyl (C=O) groups is 2. The summed E-state index contributed by atoms with van der Waals surface area (Å²) in [5, 5.41) is 10.0. The second-order valence-corrected chi connectivity index (χ2v) is 6.08. The van der Waals surface area contributed by atoms with Crippen molar-refractivity contribution in [3.05, 3.63) is 52.0 Å². The summed E-state index contributed by atoms with van der Waals surface area (Å²) in [6, 6.07) is 9.70. The third kappa shape index (κ3) is 7.27. The van der Waals surface area contributed by atoms with Gasteiger partial charge in [-0.15, -0.1) is 0 Å². The Hall–Kier alpha value is -1.66. The molecule has 0 bridgehead atoms. The lowest BCUT2D eigenvalue weighted by molar-refractivity contribution is -0.131. The highest BCUT2D eigenvalue weighted by Crippen LogP contribution is 2.28. The number of nitrogens with two attached hydrogens (primary N) is 1. The number of nitrogen functional groups attached to an aromatic ring is 1. The van der Waals surface area contributed by atoms with Crippen LogP contribution in [0.2, 0.25) is 10.0 Å². The first-order chi connectivity index (χ1) is 11.2. The molecule has 0 saturated carbocycles. The summed E-state index contributed by atoms with van der Waals surface area (Å²) >= 11 is 20.0. The molecule has 0 radical (unpaired) electrons. The molecule has 1 heterocycles. The number of phenols is 1. The highest BCUT2D eigenvalue weighted by molar-refractivity contribution is 6.93. The minimum Gasteiger partial charge on any atom is -0.506 e. The molecule has 0 fully saturated rings. The van der Waals surface area contributed by atoms with Gasteiger partial charge in [0.15, 0.2) is 0 Å². The molecule has 24 heavy (non-hydrogen) atoms. The smallest absolute Gasteiger partial charge is 0.315 e. The normalized spacial score (nSPS) is 11.2. The zero-order valence-electron chi connectivity index (χ0n) is 11.9. The van der Waals surface area contributed by atoms with Crippen LogP contribution in [0.3, 0.4) is 0 Å². The lowest BCUT2D eigenvalue weighted by atomic mass is 10.2. The van der Waals surface area contributed by atoms with Gasteiger partial charge in [-0.3, -0.25) is 9.59 Å². The molecule has 5 nitrogen and oxygen atoms in total. The zero-order chi connectivity index (χ0) is 18.3. The van der Waals surface area contributed by atoms with Crippen LogP contribution in [-0.4, -0.2) is 15.8 Å². The molecule has 0 spiro atoms. The van der Waals surface area contributed by atoms with Crippen LogP contribution in [0.5, 0.6) is 11.5 Å².